The number of nitriles is 1. The Balaban J connectivity index is 1.63. The molecule has 1 aromatic carbocycles. The van der Waals surface area contributed by atoms with Crippen molar-refractivity contribution in [1.29, 1.82) is 5.26 Å². The number of aromatic nitrogens is 2. The number of carbonyl (C=O) groups is 1. The van der Waals surface area contributed by atoms with Gasteiger partial charge < -0.3 is 9.84 Å². The quantitative estimate of drug-likeness (QED) is 0.775. The molecule has 0 spiro atoms. The number of anilines is 1. The Morgan fingerprint density at radius 2 is 2.11 bits per heavy atom. The maximum atomic E-state index is 12.7. The van der Waals surface area contributed by atoms with Crippen LogP contribution in [0.2, 0.25) is 0 Å². The highest BCUT2D eigenvalue weighted by Crippen LogP contribution is 2.26. The summed E-state index contributed by atoms with van der Waals surface area (Å²) in [6.45, 7) is 4.18. The summed E-state index contributed by atoms with van der Waals surface area (Å²) in [6, 6.07) is 7.75. The fourth-order valence-electron chi connectivity index (χ4n) is 3.06. The molecule has 4 rings (SSSR count). The van der Waals surface area contributed by atoms with Crippen LogP contribution in [0.4, 0.5) is 5.69 Å². The van der Waals surface area contributed by atoms with Crippen molar-refractivity contribution in [1.82, 2.24) is 10.1 Å². The summed E-state index contributed by atoms with van der Waals surface area (Å²) in [5.74, 6) is -0.318. The second-order valence-corrected chi connectivity index (χ2v) is 6.29. The van der Waals surface area contributed by atoms with Gasteiger partial charge in [-0.3, -0.25) is 9.79 Å². The minimum Gasteiger partial charge on any atom is -0.364 e. The van der Waals surface area contributed by atoms with Crippen molar-refractivity contribution in [2.45, 2.75) is 20.4 Å². The van der Waals surface area contributed by atoms with Crippen molar-refractivity contribution in [2.75, 3.05) is 5.32 Å². The van der Waals surface area contributed by atoms with Gasteiger partial charge in [-0.15, -0.1) is 0 Å². The number of rotatable bonds is 3. The Morgan fingerprint density at radius 1 is 1.26 bits per heavy atom. The van der Waals surface area contributed by atoms with E-state index >= 15 is 0 Å². The van der Waals surface area contributed by atoms with Crippen LogP contribution in [-0.4, -0.2) is 21.8 Å². The van der Waals surface area contributed by atoms with Crippen LogP contribution in [0.3, 0.4) is 0 Å². The number of pyridine rings is 1. The van der Waals surface area contributed by atoms with Crippen LogP contribution in [0, 0.1) is 25.2 Å². The number of amides is 1. The van der Waals surface area contributed by atoms with Gasteiger partial charge in [-0.1, -0.05) is 11.2 Å². The number of benzene rings is 1. The molecule has 7 heteroatoms. The summed E-state index contributed by atoms with van der Waals surface area (Å²) >= 11 is 0. The summed E-state index contributed by atoms with van der Waals surface area (Å²) in [5.41, 5.74) is 6.49. The highest BCUT2D eigenvalue weighted by Gasteiger charge is 2.20. The average molecular weight is 357 g/mol. The van der Waals surface area contributed by atoms with Crippen molar-refractivity contribution in [3.8, 4) is 6.07 Å². The van der Waals surface area contributed by atoms with Gasteiger partial charge in [0.05, 0.1) is 29.6 Å². The smallest absolute Gasteiger partial charge is 0.274 e. The molecule has 0 radical (unpaired) electrons. The second kappa shape index (κ2) is 6.50. The van der Waals surface area contributed by atoms with E-state index in [9.17, 15) is 4.79 Å². The first kappa shape index (κ1) is 16.7. The van der Waals surface area contributed by atoms with Crippen molar-refractivity contribution in [3.63, 3.8) is 0 Å². The van der Waals surface area contributed by atoms with Gasteiger partial charge in [0.25, 0.3) is 5.91 Å². The Bertz CT molecular complexity index is 1120. The minimum atomic E-state index is -0.318. The van der Waals surface area contributed by atoms with Gasteiger partial charge in [-0.2, -0.15) is 5.26 Å². The van der Waals surface area contributed by atoms with Crippen molar-refractivity contribution >= 4 is 17.3 Å². The summed E-state index contributed by atoms with van der Waals surface area (Å²) in [7, 11) is 0. The molecule has 7 nitrogen and oxygen atoms in total. The molecule has 0 saturated carbocycles. The lowest BCUT2D eigenvalue weighted by atomic mass is 10.0. The predicted octanol–water partition coefficient (Wildman–Crippen LogP) is 3.16. The lowest BCUT2D eigenvalue weighted by Crippen LogP contribution is -2.16. The van der Waals surface area contributed by atoms with Gasteiger partial charge in [-0.05, 0) is 42.7 Å². The lowest BCUT2D eigenvalue weighted by Gasteiger charge is -2.11. The molecule has 0 fully saturated rings. The lowest BCUT2D eigenvalue weighted by molar-refractivity contribution is 0.102. The maximum absolute atomic E-state index is 12.7. The summed E-state index contributed by atoms with van der Waals surface area (Å²) < 4.78 is 4.91. The first-order valence-electron chi connectivity index (χ1n) is 8.33. The molecule has 3 aromatic rings. The van der Waals surface area contributed by atoms with E-state index in [1.165, 1.54) is 6.20 Å². The van der Waals surface area contributed by atoms with Crippen molar-refractivity contribution in [2.24, 2.45) is 4.99 Å². The summed E-state index contributed by atoms with van der Waals surface area (Å²) in [4.78, 5) is 21.4. The van der Waals surface area contributed by atoms with E-state index in [0.29, 0.717) is 29.1 Å². The molecule has 1 aliphatic heterocycles. The first-order chi connectivity index (χ1) is 13.1. The fraction of sp³-hybridized carbons (Fsp3) is 0.150. The highest BCUT2D eigenvalue weighted by molar-refractivity contribution is 6.15. The fourth-order valence-corrected chi connectivity index (χ4v) is 3.06. The third-order valence-electron chi connectivity index (χ3n) is 4.72. The van der Waals surface area contributed by atoms with E-state index in [-0.39, 0.29) is 5.91 Å². The molecule has 0 atom stereocenters. The van der Waals surface area contributed by atoms with Gasteiger partial charge in [-0.25, -0.2) is 4.98 Å². The number of carbonyl (C=O) groups excluding carboxylic acids is 1. The standard InChI is InChI=1S/C20H15N5O2/c1-11-12(2)18(22-8-14(11)6-21)20(26)25-16-4-3-13-7-23-19(17(13)5-16)15-9-24-27-10-15/h3-5,8-10H,7H2,1-2H3,(H,25,26). The molecular formula is C20H15N5O2. The number of aliphatic imine (C=N–C) groups is 1. The van der Waals surface area contributed by atoms with Crippen LogP contribution in [0.1, 0.15) is 43.9 Å². The van der Waals surface area contributed by atoms with Crippen molar-refractivity contribution < 1.29 is 9.32 Å². The monoisotopic (exact) mass is 357 g/mol. The van der Waals surface area contributed by atoms with Crippen LogP contribution >= 0.6 is 0 Å². The molecule has 1 N–H and O–H groups in total. The molecule has 1 aliphatic rings. The first-order valence-corrected chi connectivity index (χ1v) is 8.33. The zero-order chi connectivity index (χ0) is 19.0. The number of nitrogens with one attached hydrogen (secondary N) is 1. The van der Waals surface area contributed by atoms with E-state index in [2.05, 4.69) is 26.5 Å². The van der Waals surface area contributed by atoms with Crippen LogP contribution < -0.4 is 5.32 Å². The van der Waals surface area contributed by atoms with Crippen LogP contribution in [0.5, 0.6) is 0 Å². The third-order valence-corrected chi connectivity index (χ3v) is 4.72. The van der Waals surface area contributed by atoms with E-state index in [1.807, 2.05) is 25.1 Å². The Morgan fingerprint density at radius 3 is 2.85 bits per heavy atom. The largest absolute Gasteiger partial charge is 0.364 e. The van der Waals surface area contributed by atoms with Gasteiger partial charge >= 0.3 is 0 Å². The zero-order valence-electron chi connectivity index (χ0n) is 14.8. The topological polar surface area (TPSA) is 104 Å². The van der Waals surface area contributed by atoms with Crippen LogP contribution in [0.15, 0.2) is 46.4 Å². The Labute approximate surface area is 155 Å². The molecule has 3 heterocycles. The molecule has 0 aliphatic carbocycles. The summed E-state index contributed by atoms with van der Waals surface area (Å²) in [6.07, 6.45) is 4.59. The molecule has 0 bridgehead atoms. The number of hydrogen-bond acceptors (Lipinski definition) is 6. The molecule has 0 unspecified atom stereocenters. The van der Waals surface area contributed by atoms with E-state index < -0.39 is 0 Å². The van der Waals surface area contributed by atoms with Gasteiger partial charge in [0.15, 0.2) is 0 Å². The molecule has 27 heavy (non-hydrogen) atoms. The molecule has 2 aromatic heterocycles. The summed E-state index contributed by atoms with van der Waals surface area (Å²) in [5, 5.41) is 15.7. The van der Waals surface area contributed by atoms with E-state index in [0.717, 1.165) is 28.0 Å². The normalized spacial score (nSPS) is 12.3. The van der Waals surface area contributed by atoms with Crippen molar-refractivity contribution in [3.05, 3.63) is 75.9 Å². The molecule has 1 amide bonds. The number of fused-ring (bicyclic) bond motifs is 1. The van der Waals surface area contributed by atoms with Gasteiger partial charge in [0.2, 0.25) is 0 Å². The third kappa shape index (κ3) is 2.87. The molecule has 132 valence electrons. The Kier molecular flexibility index (Phi) is 4.01. The number of hydrogen-bond donors (Lipinski definition) is 1. The minimum absolute atomic E-state index is 0.305. The van der Waals surface area contributed by atoms with E-state index in [4.69, 9.17) is 9.78 Å². The zero-order valence-corrected chi connectivity index (χ0v) is 14.8. The second-order valence-electron chi connectivity index (χ2n) is 6.29. The Hall–Kier alpha value is -3.79. The highest BCUT2D eigenvalue weighted by atomic mass is 16.5. The van der Waals surface area contributed by atoms with Gasteiger partial charge in [0.1, 0.15) is 18.0 Å². The van der Waals surface area contributed by atoms with E-state index in [1.54, 1.807) is 19.4 Å². The molecule has 0 saturated heterocycles. The predicted molar refractivity (Wildman–Crippen MR) is 98.7 cm³/mol. The van der Waals surface area contributed by atoms with Crippen LogP contribution in [0.25, 0.3) is 0 Å². The average Bonchev–Trinajstić information content (AvgIpc) is 3.32. The number of nitrogens with zero attached hydrogens (tertiary/aromatic N) is 4. The van der Waals surface area contributed by atoms with Crippen LogP contribution in [-0.2, 0) is 6.54 Å². The molecular weight excluding hydrogens is 342 g/mol. The maximum Gasteiger partial charge on any atom is 0.274 e. The van der Waals surface area contributed by atoms with Gasteiger partial charge in [0, 0.05) is 17.4 Å². The SMILES string of the molecule is Cc1c(C#N)cnc(C(=O)Nc2ccc3c(c2)C(c2cnoc2)=NC3)c1C.